The molecule has 1 aromatic carbocycles. The molecule has 3 heteroatoms. The highest BCUT2D eigenvalue weighted by Crippen LogP contribution is 2.38. The molecule has 0 aliphatic heterocycles. The quantitative estimate of drug-likeness (QED) is 0.861. The fraction of sp³-hybridized carbons (Fsp3) is 0.588. The van der Waals surface area contributed by atoms with Crippen LogP contribution in [0.5, 0.6) is 0 Å². The standard InChI is InChI=1S/C17H24N2O/c1-2-13-7-8-15-14(11-13)19-16(20-15)17(12-18)9-5-3-4-6-10-17/h7-8,11H,2-6,9-10,12,18H2,1H3. The van der Waals surface area contributed by atoms with Gasteiger partial charge in [-0.05, 0) is 37.0 Å². The lowest BCUT2D eigenvalue weighted by molar-refractivity contribution is 0.300. The van der Waals surface area contributed by atoms with E-state index in [0.29, 0.717) is 6.54 Å². The average molecular weight is 272 g/mol. The van der Waals surface area contributed by atoms with E-state index in [-0.39, 0.29) is 5.41 Å². The maximum Gasteiger partial charge on any atom is 0.202 e. The van der Waals surface area contributed by atoms with Crippen molar-refractivity contribution in [1.29, 1.82) is 0 Å². The molecule has 0 unspecified atom stereocenters. The van der Waals surface area contributed by atoms with Gasteiger partial charge in [0, 0.05) is 6.54 Å². The van der Waals surface area contributed by atoms with E-state index in [4.69, 9.17) is 15.1 Å². The van der Waals surface area contributed by atoms with E-state index in [1.165, 1.54) is 31.2 Å². The van der Waals surface area contributed by atoms with Crippen LogP contribution in [-0.4, -0.2) is 11.5 Å². The Kier molecular flexibility index (Phi) is 3.79. The van der Waals surface area contributed by atoms with Crippen LogP contribution < -0.4 is 5.73 Å². The van der Waals surface area contributed by atoms with E-state index in [0.717, 1.165) is 36.3 Å². The van der Waals surface area contributed by atoms with Crippen LogP contribution in [0.4, 0.5) is 0 Å². The lowest BCUT2D eigenvalue weighted by Crippen LogP contribution is -2.35. The minimum absolute atomic E-state index is 0.0398. The van der Waals surface area contributed by atoms with Crippen molar-refractivity contribution in [3.63, 3.8) is 0 Å². The largest absolute Gasteiger partial charge is 0.440 e. The van der Waals surface area contributed by atoms with E-state index < -0.39 is 0 Å². The Morgan fingerprint density at radius 1 is 1.20 bits per heavy atom. The first-order chi connectivity index (χ1) is 9.77. The molecule has 1 heterocycles. The van der Waals surface area contributed by atoms with Crippen molar-refractivity contribution in [2.45, 2.75) is 57.3 Å². The zero-order chi connectivity index (χ0) is 14.0. The first-order valence-corrected chi connectivity index (χ1v) is 7.87. The first kappa shape index (κ1) is 13.6. The van der Waals surface area contributed by atoms with Crippen LogP contribution in [-0.2, 0) is 11.8 Å². The molecule has 1 fully saturated rings. The highest BCUT2D eigenvalue weighted by molar-refractivity contribution is 5.73. The van der Waals surface area contributed by atoms with Gasteiger partial charge in [-0.25, -0.2) is 4.98 Å². The van der Waals surface area contributed by atoms with Crippen LogP contribution in [0, 0.1) is 0 Å². The lowest BCUT2D eigenvalue weighted by atomic mass is 9.80. The topological polar surface area (TPSA) is 52.0 Å². The van der Waals surface area contributed by atoms with Crippen molar-refractivity contribution in [3.05, 3.63) is 29.7 Å². The number of fused-ring (bicyclic) bond motifs is 1. The molecule has 3 rings (SSSR count). The van der Waals surface area contributed by atoms with Gasteiger partial charge in [0.1, 0.15) is 5.52 Å². The lowest BCUT2D eigenvalue weighted by Gasteiger charge is -2.27. The summed E-state index contributed by atoms with van der Waals surface area (Å²) in [5.74, 6) is 0.866. The molecule has 2 N–H and O–H groups in total. The van der Waals surface area contributed by atoms with Crippen LogP contribution in [0.25, 0.3) is 11.1 Å². The molecule has 108 valence electrons. The van der Waals surface area contributed by atoms with Crippen molar-refractivity contribution >= 4 is 11.1 Å². The number of hydrogen-bond acceptors (Lipinski definition) is 3. The third-order valence-electron chi connectivity index (χ3n) is 4.77. The van der Waals surface area contributed by atoms with Crippen LogP contribution in [0.1, 0.15) is 56.9 Å². The van der Waals surface area contributed by atoms with Gasteiger partial charge in [-0.1, -0.05) is 38.7 Å². The normalized spacial score (nSPS) is 19.1. The molecule has 1 aromatic heterocycles. The molecule has 3 nitrogen and oxygen atoms in total. The number of aromatic nitrogens is 1. The highest BCUT2D eigenvalue weighted by atomic mass is 16.3. The van der Waals surface area contributed by atoms with Gasteiger partial charge in [0.15, 0.2) is 5.58 Å². The number of nitrogens with two attached hydrogens (primary N) is 1. The van der Waals surface area contributed by atoms with E-state index in [1.54, 1.807) is 0 Å². The number of benzene rings is 1. The Hall–Kier alpha value is -1.35. The Balaban J connectivity index is 2.02. The molecule has 0 atom stereocenters. The molecule has 20 heavy (non-hydrogen) atoms. The Labute approximate surface area is 120 Å². The zero-order valence-electron chi connectivity index (χ0n) is 12.3. The van der Waals surface area contributed by atoms with Crippen LogP contribution in [0.3, 0.4) is 0 Å². The predicted octanol–water partition coefficient (Wildman–Crippen LogP) is 3.94. The zero-order valence-corrected chi connectivity index (χ0v) is 12.3. The molecule has 0 spiro atoms. The van der Waals surface area contributed by atoms with Crippen molar-refractivity contribution in [3.8, 4) is 0 Å². The molecule has 0 radical (unpaired) electrons. The van der Waals surface area contributed by atoms with E-state index in [9.17, 15) is 0 Å². The molecule has 1 saturated carbocycles. The van der Waals surface area contributed by atoms with Crippen molar-refractivity contribution in [2.24, 2.45) is 5.73 Å². The smallest absolute Gasteiger partial charge is 0.202 e. The number of oxazole rings is 1. The van der Waals surface area contributed by atoms with Gasteiger partial charge >= 0.3 is 0 Å². The van der Waals surface area contributed by atoms with E-state index in [2.05, 4.69) is 19.1 Å². The second-order valence-corrected chi connectivity index (χ2v) is 6.07. The van der Waals surface area contributed by atoms with Gasteiger partial charge in [0.05, 0.1) is 5.41 Å². The highest BCUT2D eigenvalue weighted by Gasteiger charge is 2.36. The van der Waals surface area contributed by atoms with E-state index >= 15 is 0 Å². The Morgan fingerprint density at radius 3 is 2.60 bits per heavy atom. The summed E-state index contributed by atoms with van der Waals surface area (Å²) in [4.78, 5) is 4.78. The number of rotatable bonds is 3. The third kappa shape index (κ3) is 2.35. The minimum atomic E-state index is -0.0398. The summed E-state index contributed by atoms with van der Waals surface area (Å²) in [6.45, 7) is 2.80. The summed E-state index contributed by atoms with van der Waals surface area (Å²) < 4.78 is 6.07. The van der Waals surface area contributed by atoms with Crippen LogP contribution in [0.2, 0.25) is 0 Å². The SMILES string of the molecule is CCc1ccc2oc(C3(CN)CCCCCC3)nc2c1. The van der Waals surface area contributed by atoms with E-state index in [1.807, 2.05) is 6.07 Å². The summed E-state index contributed by atoms with van der Waals surface area (Å²) in [7, 11) is 0. The maximum atomic E-state index is 6.12. The fourth-order valence-corrected chi connectivity index (χ4v) is 3.33. The third-order valence-corrected chi connectivity index (χ3v) is 4.77. The monoisotopic (exact) mass is 272 g/mol. The summed E-state index contributed by atoms with van der Waals surface area (Å²) in [5.41, 5.74) is 9.26. The summed E-state index contributed by atoms with van der Waals surface area (Å²) in [5, 5.41) is 0. The molecule has 1 aliphatic carbocycles. The Bertz CT molecular complexity index is 580. The summed E-state index contributed by atoms with van der Waals surface area (Å²) >= 11 is 0. The second-order valence-electron chi connectivity index (χ2n) is 6.07. The molecule has 0 bridgehead atoms. The number of nitrogens with zero attached hydrogens (tertiary/aromatic N) is 1. The predicted molar refractivity (Wildman–Crippen MR) is 81.8 cm³/mol. The second kappa shape index (κ2) is 5.57. The van der Waals surface area contributed by atoms with Crippen molar-refractivity contribution < 1.29 is 4.42 Å². The molecule has 0 amide bonds. The number of aryl methyl sites for hydroxylation is 1. The number of hydrogen-bond donors (Lipinski definition) is 1. The molecule has 0 saturated heterocycles. The summed E-state index contributed by atoms with van der Waals surface area (Å²) in [6, 6.07) is 6.31. The van der Waals surface area contributed by atoms with Crippen molar-refractivity contribution in [2.75, 3.05) is 6.54 Å². The van der Waals surface area contributed by atoms with Gasteiger partial charge in [-0.15, -0.1) is 0 Å². The molecule has 2 aromatic rings. The van der Waals surface area contributed by atoms with Gasteiger partial charge in [-0.3, -0.25) is 0 Å². The Morgan fingerprint density at radius 2 is 1.95 bits per heavy atom. The van der Waals surface area contributed by atoms with Crippen LogP contribution in [0.15, 0.2) is 22.6 Å². The van der Waals surface area contributed by atoms with Gasteiger partial charge in [-0.2, -0.15) is 0 Å². The average Bonchev–Trinajstić information content (AvgIpc) is 2.76. The van der Waals surface area contributed by atoms with Gasteiger partial charge in [0.2, 0.25) is 5.89 Å². The van der Waals surface area contributed by atoms with Crippen molar-refractivity contribution in [1.82, 2.24) is 4.98 Å². The molecule has 1 aliphatic rings. The minimum Gasteiger partial charge on any atom is -0.440 e. The van der Waals surface area contributed by atoms with Crippen LogP contribution >= 0.6 is 0 Å². The summed E-state index contributed by atoms with van der Waals surface area (Å²) in [6.07, 6.45) is 8.32. The van der Waals surface area contributed by atoms with Gasteiger partial charge < -0.3 is 10.2 Å². The molecular formula is C17H24N2O. The maximum absolute atomic E-state index is 6.12. The van der Waals surface area contributed by atoms with Gasteiger partial charge in [0.25, 0.3) is 0 Å². The molecular weight excluding hydrogens is 248 g/mol. The fourth-order valence-electron chi connectivity index (χ4n) is 3.33. The first-order valence-electron chi connectivity index (χ1n) is 7.87.